The average Bonchev–Trinajstić information content (AvgIpc) is 3.66. The van der Waals surface area contributed by atoms with Crippen LogP contribution in [-0.2, 0) is 33.4 Å². The van der Waals surface area contributed by atoms with Crippen LogP contribution in [0, 0.1) is 62.3 Å². The summed E-state index contributed by atoms with van der Waals surface area (Å²) in [6.07, 6.45) is 5.01. The number of hydrogen-bond acceptors (Lipinski definition) is 4. The van der Waals surface area contributed by atoms with Crippen molar-refractivity contribution in [2.75, 3.05) is 0 Å². The molecule has 41 heavy (non-hydrogen) atoms. The van der Waals surface area contributed by atoms with Gasteiger partial charge in [-0.15, -0.1) is 9.13 Å². The number of rotatable bonds is 0. The molecule has 0 fully saturated rings. The molecule has 0 aliphatic carbocycles. The summed E-state index contributed by atoms with van der Waals surface area (Å²) in [7, 11) is 4.20. The van der Waals surface area contributed by atoms with Crippen molar-refractivity contribution in [3.8, 4) is 0 Å². The Balaban J connectivity index is 0.000000167. The highest BCUT2D eigenvalue weighted by Crippen LogP contribution is 2.35. The molecule has 0 bridgehead atoms. The van der Waals surface area contributed by atoms with Crippen LogP contribution in [0.3, 0.4) is 0 Å². The molecule has 0 N–H and O–H groups in total. The Morgan fingerprint density at radius 1 is 0.610 bits per heavy atom. The standard InChI is InChI=1S/C12H15N.C11H17N3.C11H14N2.CH4/c1-7-8(2)10(4)12-11(9(7)3)5-6-13-12;1-7-6-10-11(12-7)8(2)13(4)9(3)14(10)5;1-6-5-10-8(3)7(2)9(4)13-11(10)12-6;/h6H,5H2,1-4H3;6H2,1-5H3;5H2,1-4H3;1H4/q;+2;;. The van der Waals surface area contributed by atoms with Gasteiger partial charge in [-0.2, -0.15) is 0 Å². The lowest BCUT2D eigenvalue weighted by Crippen LogP contribution is -2.51. The molecule has 3 aromatic rings. The van der Waals surface area contributed by atoms with Crippen LogP contribution in [0.4, 0.5) is 17.2 Å². The summed E-state index contributed by atoms with van der Waals surface area (Å²) in [5.41, 5.74) is 19.5. The van der Waals surface area contributed by atoms with E-state index in [1.165, 1.54) is 78.8 Å². The van der Waals surface area contributed by atoms with E-state index in [0.29, 0.717) is 0 Å². The van der Waals surface area contributed by atoms with Crippen LogP contribution in [0.15, 0.2) is 15.0 Å². The van der Waals surface area contributed by atoms with Crippen LogP contribution in [-0.4, -0.2) is 22.6 Å². The summed E-state index contributed by atoms with van der Waals surface area (Å²) < 4.78 is 4.43. The Labute approximate surface area is 248 Å². The van der Waals surface area contributed by atoms with Gasteiger partial charge in [0, 0.05) is 48.7 Å². The number of benzene rings is 1. The van der Waals surface area contributed by atoms with E-state index in [0.717, 1.165) is 36.5 Å². The van der Waals surface area contributed by atoms with E-state index in [1.807, 2.05) is 13.1 Å². The third kappa shape index (κ3) is 5.79. The number of fused-ring (bicyclic) bond motifs is 3. The summed E-state index contributed by atoms with van der Waals surface area (Å²) in [5.74, 6) is 2.21. The molecule has 0 amide bonds. The summed E-state index contributed by atoms with van der Waals surface area (Å²) in [5, 5.41) is 0. The predicted octanol–water partition coefficient (Wildman–Crippen LogP) is 7.07. The number of nitrogens with zero attached hydrogens (tertiary/aromatic N) is 6. The molecule has 0 unspecified atom stereocenters. The Kier molecular flexibility index (Phi) is 9.47. The van der Waals surface area contributed by atoms with Gasteiger partial charge in [0.15, 0.2) is 11.5 Å². The van der Waals surface area contributed by atoms with Crippen molar-refractivity contribution in [1.82, 2.24) is 4.98 Å². The molecule has 0 atom stereocenters. The van der Waals surface area contributed by atoms with Gasteiger partial charge in [-0.1, -0.05) is 7.43 Å². The normalized spacial score (nSPS) is 13.7. The fourth-order valence-electron chi connectivity index (χ4n) is 5.79. The molecular formula is C35H50N6+2. The molecule has 3 aliphatic heterocycles. The SMILES string of the molecule is C.CC1=Nc2c(C)[n+](C)c(C)[n+](C)c2C1.CC1=Nc2nc(C)c(C)c(C)c2C1.Cc1c(C)c(C)c2c(c1C)CC=N2. The Hall–Kier alpha value is -3.54. The van der Waals surface area contributed by atoms with Gasteiger partial charge in [0.05, 0.1) is 19.0 Å². The molecule has 2 aromatic heterocycles. The third-order valence-corrected chi connectivity index (χ3v) is 9.35. The van der Waals surface area contributed by atoms with Gasteiger partial charge in [0.2, 0.25) is 11.4 Å². The zero-order chi connectivity index (χ0) is 29.6. The van der Waals surface area contributed by atoms with Gasteiger partial charge >= 0.3 is 5.82 Å². The Bertz CT molecular complexity index is 1640. The van der Waals surface area contributed by atoms with Crippen molar-refractivity contribution in [3.05, 3.63) is 67.4 Å². The number of aryl methyl sites for hydroxylation is 1. The second-order valence-electron chi connectivity index (χ2n) is 11.7. The maximum atomic E-state index is 4.59. The van der Waals surface area contributed by atoms with E-state index in [1.54, 1.807) is 0 Å². The van der Waals surface area contributed by atoms with Crippen molar-refractivity contribution in [2.45, 2.75) is 103 Å². The Morgan fingerprint density at radius 2 is 1.20 bits per heavy atom. The highest BCUT2D eigenvalue weighted by atomic mass is 15.1. The van der Waals surface area contributed by atoms with E-state index >= 15 is 0 Å². The molecule has 6 heteroatoms. The van der Waals surface area contributed by atoms with Crippen LogP contribution < -0.4 is 9.13 Å². The Morgan fingerprint density at radius 3 is 1.85 bits per heavy atom. The number of aliphatic imine (C=N–C) groups is 3. The van der Waals surface area contributed by atoms with E-state index in [2.05, 4.69) is 112 Å². The van der Waals surface area contributed by atoms with Crippen LogP contribution in [0.5, 0.6) is 0 Å². The smallest absolute Gasteiger partial charge is 0.260 e. The van der Waals surface area contributed by atoms with Gasteiger partial charge in [-0.3, -0.25) is 4.99 Å². The number of pyridine rings is 1. The van der Waals surface area contributed by atoms with E-state index in [-0.39, 0.29) is 7.43 Å². The molecule has 1 aromatic carbocycles. The fourth-order valence-corrected chi connectivity index (χ4v) is 5.79. The highest BCUT2D eigenvalue weighted by molar-refractivity contribution is 5.92. The molecule has 218 valence electrons. The number of aromatic nitrogens is 3. The first-order chi connectivity index (χ1) is 18.7. The minimum Gasteiger partial charge on any atom is -0.260 e. The molecule has 6 nitrogen and oxygen atoms in total. The lowest BCUT2D eigenvalue weighted by atomic mass is 9.92. The molecule has 0 radical (unpaired) electrons. The van der Waals surface area contributed by atoms with Crippen LogP contribution in [0.2, 0.25) is 0 Å². The summed E-state index contributed by atoms with van der Waals surface area (Å²) in [4.78, 5) is 17.9. The van der Waals surface area contributed by atoms with E-state index in [4.69, 9.17) is 0 Å². The van der Waals surface area contributed by atoms with E-state index < -0.39 is 0 Å². The minimum absolute atomic E-state index is 0. The predicted molar refractivity (Wildman–Crippen MR) is 174 cm³/mol. The van der Waals surface area contributed by atoms with Gasteiger partial charge in [-0.25, -0.2) is 15.0 Å². The molecule has 5 heterocycles. The zero-order valence-electron chi connectivity index (χ0n) is 26.9. The molecule has 0 spiro atoms. The number of hydrogen-bond donors (Lipinski definition) is 0. The van der Waals surface area contributed by atoms with Crippen molar-refractivity contribution in [2.24, 2.45) is 29.1 Å². The maximum absolute atomic E-state index is 4.59. The average molecular weight is 555 g/mol. The lowest BCUT2D eigenvalue weighted by molar-refractivity contribution is -0.819. The van der Waals surface area contributed by atoms with Crippen molar-refractivity contribution in [1.29, 1.82) is 0 Å². The summed E-state index contributed by atoms with van der Waals surface area (Å²) in [6, 6.07) is 0. The first-order valence-electron chi connectivity index (χ1n) is 14.3. The molecule has 0 saturated carbocycles. The zero-order valence-corrected chi connectivity index (χ0v) is 26.9. The second kappa shape index (κ2) is 12.1. The highest BCUT2D eigenvalue weighted by Gasteiger charge is 2.32. The first kappa shape index (κ1) is 32.0. The van der Waals surface area contributed by atoms with Gasteiger partial charge < -0.3 is 0 Å². The fraction of sp³-hybridized carbons (Fsp3) is 0.486. The van der Waals surface area contributed by atoms with E-state index in [9.17, 15) is 0 Å². The maximum Gasteiger partial charge on any atom is 0.414 e. The molecule has 6 rings (SSSR count). The first-order valence-corrected chi connectivity index (χ1v) is 14.3. The third-order valence-electron chi connectivity index (χ3n) is 9.35. The van der Waals surface area contributed by atoms with Crippen molar-refractivity contribution < 1.29 is 9.13 Å². The second-order valence-corrected chi connectivity index (χ2v) is 11.7. The van der Waals surface area contributed by atoms with Gasteiger partial charge in [-0.05, 0) is 101 Å². The minimum atomic E-state index is 0. The van der Waals surface area contributed by atoms with Crippen molar-refractivity contribution in [3.63, 3.8) is 0 Å². The monoisotopic (exact) mass is 554 g/mol. The molecule has 3 aliphatic rings. The lowest BCUT2D eigenvalue weighted by Gasteiger charge is -2.13. The van der Waals surface area contributed by atoms with Crippen LogP contribution in [0.25, 0.3) is 0 Å². The summed E-state index contributed by atoms with van der Waals surface area (Å²) in [6.45, 7) is 23.5. The van der Waals surface area contributed by atoms with Gasteiger partial charge in [0.25, 0.3) is 0 Å². The molecular weight excluding hydrogens is 504 g/mol. The quantitative estimate of drug-likeness (QED) is 0.274. The van der Waals surface area contributed by atoms with Gasteiger partial charge in [0.1, 0.15) is 14.1 Å². The largest absolute Gasteiger partial charge is 0.414 e. The van der Waals surface area contributed by atoms with Crippen LogP contribution >= 0.6 is 0 Å². The van der Waals surface area contributed by atoms with Crippen LogP contribution in [0.1, 0.15) is 88.7 Å². The molecule has 0 saturated heterocycles. The topological polar surface area (TPSA) is 57.7 Å². The summed E-state index contributed by atoms with van der Waals surface area (Å²) >= 11 is 0. The van der Waals surface area contributed by atoms with Crippen molar-refractivity contribution >= 4 is 34.8 Å².